The molecule has 0 saturated heterocycles. The number of carbonyl (C=O) groups excluding carboxylic acids is 1. The molecule has 3 rings (SSSR count). The van der Waals surface area contributed by atoms with E-state index in [1.807, 2.05) is 12.1 Å². The Kier molecular flexibility index (Phi) is 2.74. The summed E-state index contributed by atoms with van der Waals surface area (Å²) in [6, 6.07) is 6.13. The van der Waals surface area contributed by atoms with Crippen LogP contribution in [-0.4, -0.2) is 12.5 Å². The van der Waals surface area contributed by atoms with E-state index in [0.717, 1.165) is 50.0 Å². The quantitative estimate of drug-likeness (QED) is 0.471. The van der Waals surface area contributed by atoms with Gasteiger partial charge in [0.05, 0.1) is 12.0 Å². The van der Waals surface area contributed by atoms with Crippen molar-refractivity contribution in [3.63, 3.8) is 0 Å². The number of fused-ring (bicyclic) bond motifs is 1. The predicted molar refractivity (Wildman–Crippen MR) is 68.1 cm³/mol. The molecule has 0 unspecified atom stereocenters. The summed E-state index contributed by atoms with van der Waals surface area (Å²) in [7, 11) is 0. The van der Waals surface area contributed by atoms with Gasteiger partial charge in [0, 0.05) is 0 Å². The zero-order valence-corrected chi connectivity index (χ0v) is 10.4. The third-order valence-electron chi connectivity index (χ3n) is 4.23. The third kappa shape index (κ3) is 1.60. The van der Waals surface area contributed by atoms with Crippen molar-refractivity contribution in [1.29, 1.82) is 0 Å². The predicted octanol–water partition coefficient (Wildman–Crippen LogP) is 1.42. The number of hydrogen-bond acceptors (Lipinski definition) is 3. The highest BCUT2D eigenvalue weighted by atomic mass is 16.5. The van der Waals surface area contributed by atoms with E-state index in [-0.39, 0.29) is 5.91 Å². The van der Waals surface area contributed by atoms with E-state index in [9.17, 15) is 4.79 Å². The molecule has 18 heavy (non-hydrogen) atoms. The molecule has 1 heterocycles. The molecule has 1 aliphatic heterocycles. The molecule has 0 atom stereocenters. The Labute approximate surface area is 106 Å². The number of nitrogens with two attached hydrogens (primary N) is 1. The molecule has 2 aliphatic rings. The number of hydrazine groups is 1. The highest BCUT2D eigenvalue weighted by molar-refractivity contribution is 5.88. The molecule has 4 heteroatoms. The molecule has 1 amide bonds. The normalized spacial score (nSPS) is 20.3. The van der Waals surface area contributed by atoms with Crippen molar-refractivity contribution in [2.45, 2.75) is 37.5 Å². The lowest BCUT2D eigenvalue weighted by atomic mass is 9.63. The van der Waals surface area contributed by atoms with E-state index in [1.165, 1.54) is 5.56 Å². The number of carbonyl (C=O) groups is 1. The lowest BCUT2D eigenvalue weighted by Gasteiger charge is -2.40. The van der Waals surface area contributed by atoms with E-state index >= 15 is 0 Å². The fourth-order valence-corrected chi connectivity index (χ4v) is 2.97. The molecule has 0 aromatic heterocycles. The van der Waals surface area contributed by atoms with Gasteiger partial charge >= 0.3 is 0 Å². The molecule has 0 bridgehead atoms. The van der Waals surface area contributed by atoms with Crippen molar-refractivity contribution >= 4 is 5.91 Å². The van der Waals surface area contributed by atoms with E-state index in [1.54, 1.807) is 0 Å². The molecule has 1 aromatic carbocycles. The topological polar surface area (TPSA) is 64.3 Å². The lowest BCUT2D eigenvalue weighted by molar-refractivity contribution is -0.130. The van der Waals surface area contributed by atoms with Crippen LogP contribution in [0, 0.1) is 0 Å². The maximum atomic E-state index is 12.0. The molecular weight excluding hydrogens is 228 g/mol. The molecule has 4 nitrogen and oxygen atoms in total. The maximum Gasteiger partial charge on any atom is 0.244 e. The lowest BCUT2D eigenvalue weighted by Crippen LogP contribution is -2.51. The molecule has 1 aromatic rings. The number of rotatable bonds is 2. The molecule has 3 N–H and O–H groups in total. The van der Waals surface area contributed by atoms with Crippen LogP contribution in [0.1, 0.15) is 36.8 Å². The van der Waals surface area contributed by atoms with Gasteiger partial charge in [0.1, 0.15) is 5.75 Å². The standard InChI is InChI=1S/C14H18N2O2/c15-16-13(17)14(6-2-7-14)11-4-5-12-10(9-11)3-1-8-18-12/h4-5,9H,1-3,6-8,15H2,(H,16,17). The number of ether oxygens (including phenoxy) is 1. The first kappa shape index (κ1) is 11.5. The highest BCUT2D eigenvalue weighted by Gasteiger charge is 2.45. The van der Waals surface area contributed by atoms with Crippen molar-refractivity contribution in [2.75, 3.05) is 6.61 Å². The summed E-state index contributed by atoms with van der Waals surface area (Å²) in [6.07, 6.45) is 4.93. The van der Waals surface area contributed by atoms with Crippen LogP contribution in [0.25, 0.3) is 0 Å². The van der Waals surface area contributed by atoms with Gasteiger partial charge in [-0.25, -0.2) is 5.84 Å². The largest absolute Gasteiger partial charge is 0.493 e. The van der Waals surface area contributed by atoms with Gasteiger partial charge in [0.15, 0.2) is 0 Å². The number of aryl methyl sites for hydroxylation is 1. The Morgan fingerprint density at radius 3 is 2.83 bits per heavy atom. The monoisotopic (exact) mass is 246 g/mol. The van der Waals surface area contributed by atoms with E-state index in [2.05, 4.69) is 11.5 Å². The molecular formula is C14H18N2O2. The van der Waals surface area contributed by atoms with Crippen LogP contribution in [0.5, 0.6) is 5.75 Å². The van der Waals surface area contributed by atoms with Crippen LogP contribution in [-0.2, 0) is 16.6 Å². The molecule has 96 valence electrons. The van der Waals surface area contributed by atoms with Gasteiger partial charge in [-0.2, -0.15) is 0 Å². The minimum atomic E-state index is -0.402. The van der Waals surface area contributed by atoms with Gasteiger partial charge in [0.25, 0.3) is 0 Å². The summed E-state index contributed by atoms with van der Waals surface area (Å²) in [5.74, 6) is 6.22. The Bertz CT molecular complexity index is 481. The average molecular weight is 246 g/mol. The van der Waals surface area contributed by atoms with Crippen LogP contribution in [0.2, 0.25) is 0 Å². The van der Waals surface area contributed by atoms with Crippen LogP contribution >= 0.6 is 0 Å². The van der Waals surface area contributed by atoms with Crippen LogP contribution < -0.4 is 16.0 Å². The molecule has 0 spiro atoms. The second-order valence-corrected chi connectivity index (χ2v) is 5.18. The zero-order valence-electron chi connectivity index (χ0n) is 10.4. The van der Waals surface area contributed by atoms with E-state index in [4.69, 9.17) is 10.6 Å². The van der Waals surface area contributed by atoms with Crippen molar-refractivity contribution in [1.82, 2.24) is 5.43 Å². The van der Waals surface area contributed by atoms with Gasteiger partial charge < -0.3 is 4.74 Å². The Morgan fingerprint density at radius 1 is 1.33 bits per heavy atom. The van der Waals surface area contributed by atoms with Gasteiger partial charge in [-0.3, -0.25) is 10.2 Å². The second-order valence-electron chi connectivity index (χ2n) is 5.18. The maximum absolute atomic E-state index is 12.0. The smallest absolute Gasteiger partial charge is 0.244 e. The minimum Gasteiger partial charge on any atom is -0.493 e. The summed E-state index contributed by atoms with van der Waals surface area (Å²) in [5, 5.41) is 0. The summed E-state index contributed by atoms with van der Waals surface area (Å²) in [5.41, 5.74) is 4.22. The van der Waals surface area contributed by atoms with Crippen LogP contribution in [0.4, 0.5) is 0 Å². The Morgan fingerprint density at radius 2 is 2.17 bits per heavy atom. The number of amides is 1. The molecule has 1 fully saturated rings. The minimum absolute atomic E-state index is 0.0644. The third-order valence-corrected chi connectivity index (χ3v) is 4.23. The van der Waals surface area contributed by atoms with Crippen molar-refractivity contribution in [2.24, 2.45) is 5.84 Å². The number of nitrogens with one attached hydrogen (secondary N) is 1. The second kappa shape index (κ2) is 4.28. The van der Waals surface area contributed by atoms with Crippen LogP contribution in [0.3, 0.4) is 0 Å². The fourth-order valence-electron chi connectivity index (χ4n) is 2.97. The molecule has 1 aliphatic carbocycles. The first-order chi connectivity index (χ1) is 8.76. The highest BCUT2D eigenvalue weighted by Crippen LogP contribution is 2.45. The van der Waals surface area contributed by atoms with E-state index in [0.29, 0.717) is 0 Å². The van der Waals surface area contributed by atoms with E-state index < -0.39 is 5.41 Å². The summed E-state index contributed by atoms with van der Waals surface area (Å²) < 4.78 is 5.60. The van der Waals surface area contributed by atoms with Crippen molar-refractivity contribution in [3.05, 3.63) is 29.3 Å². The van der Waals surface area contributed by atoms with Gasteiger partial charge in [-0.15, -0.1) is 0 Å². The first-order valence-electron chi connectivity index (χ1n) is 6.53. The molecule has 1 saturated carbocycles. The van der Waals surface area contributed by atoms with Crippen molar-refractivity contribution < 1.29 is 9.53 Å². The van der Waals surface area contributed by atoms with Gasteiger partial charge in [-0.05, 0) is 42.9 Å². The zero-order chi connectivity index (χ0) is 12.6. The van der Waals surface area contributed by atoms with Gasteiger partial charge in [0.2, 0.25) is 5.91 Å². The Hall–Kier alpha value is -1.55. The average Bonchev–Trinajstić information content (AvgIpc) is 2.37. The summed E-state index contributed by atoms with van der Waals surface area (Å²) in [6.45, 7) is 0.792. The van der Waals surface area contributed by atoms with Crippen LogP contribution in [0.15, 0.2) is 18.2 Å². The molecule has 0 radical (unpaired) electrons. The van der Waals surface area contributed by atoms with Gasteiger partial charge in [-0.1, -0.05) is 18.6 Å². The summed E-state index contributed by atoms with van der Waals surface area (Å²) >= 11 is 0. The Balaban J connectivity index is 1.98. The SMILES string of the molecule is NNC(=O)C1(c2ccc3c(c2)CCCO3)CCC1. The summed E-state index contributed by atoms with van der Waals surface area (Å²) in [4.78, 5) is 12.0. The first-order valence-corrected chi connectivity index (χ1v) is 6.53. The number of benzene rings is 1. The fraction of sp³-hybridized carbons (Fsp3) is 0.500. The number of hydrogen-bond donors (Lipinski definition) is 2. The van der Waals surface area contributed by atoms with Crippen molar-refractivity contribution in [3.8, 4) is 5.75 Å².